The molecule has 0 aliphatic carbocycles. The van der Waals surface area contributed by atoms with Crippen molar-refractivity contribution in [1.82, 2.24) is 5.32 Å². The van der Waals surface area contributed by atoms with E-state index in [2.05, 4.69) is 22.3 Å². The molecule has 7 atom stereocenters. The summed E-state index contributed by atoms with van der Waals surface area (Å²) < 4.78 is 39.1. The Morgan fingerprint density at radius 2 is 1.57 bits per heavy atom. The maximum absolute atomic E-state index is 12.3. The van der Waals surface area contributed by atoms with Gasteiger partial charge in [0.15, 0.2) is 12.2 Å². The number of thioether (sulfide) groups is 1. The predicted molar refractivity (Wildman–Crippen MR) is 183 cm³/mol. The number of hydrogen-bond donors (Lipinski definition) is 1. The normalized spacial score (nSPS) is 21.7. The van der Waals surface area contributed by atoms with Crippen molar-refractivity contribution in [3.8, 4) is 0 Å². The van der Waals surface area contributed by atoms with Gasteiger partial charge in [-0.05, 0) is 12.0 Å². The molecule has 280 valence electrons. The van der Waals surface area contributed by atoms with Crippen LogP contribution in [-0.2, 0) is 52.3 Å². The zero-order chi connectivity index (χ0) is 36.4. The topological polar surface area (TPSA) is 194 Å². The lowest BCUT2D eigenvalue weighted by Gasteiger charge is -2.45. The Kier molecular flexibility index (Phi) is 24.3. The third kappa shape index (κ3) is 19.8. The quantitative estimate of drug-likeness (QED) is 0.0181. The summed E-state index contributed by atoms with van der Waals surface area (Å²) in [5.74, 6) is -2.34. The molecule has 49 heavy (non-hydrogen) atoms. The molecule has 0 spiro atoms. The zero-order valence-corrected chi connectivity index (χ0v) is 30.7. The Morgan fingerprint density at radius 1 is 0.939 bits per heavy atom. The smallest absolute Gasteiger partial charge is 0.303 e. The molecule has 15 nitrogen and oxygen atoms in total. The standard InChI is InChI=1S/C33H56N4O11S/c1-7-8-9-10-11-12-13-14-15-18-43-19-16-17-28(45-22-42-6)27(36-37-34)21-49-33-30(35-23(2)38)32(47-26(5)41)31(46-25(4)40)29(48-33)20-44-24(3)39/h16-17,27-33H,7-15,18-22H2,1-6H3,(H,35,38)/b17-16+/t27-,28+,29+,30+,31-,32+,33+/m0/s1. The lowest BCUT2D eigenvalue weighted by atomic mass is 9.97. The molecule has 1 aliphatic rings. The highest BCUT2D eigenvalue weighted by molar-refractivity contribution is 7.99. The van der Waals surface area contributed by atoms with Gasteiger partial charge in [-0.15, -0.1) is 11.8 Å². The van der Waals surface area contributed by atoms with Crippen LogP contribution in [0.3, 0.4) is 0 Å². The van der Waals surface area contributed by atoms with Gasteiger partial charge < -0.3 is 38.5 Å². The second-order valence-electron chi connectivity index (χ2n) is 11.7. The van der Waals surface area contributed by atoms with E-state index in [1.807, 2.05) is 0 Å². The summed E-state index contributed by atoms with van der Waals surface area (Å²) in [6.45, 7) is 7.63. The van der Waals surface area contributed by atoms with Crippen LogP contribution < -0.4 is 5.32 Å². The maximum atomic E-state index is 12.3. The first-order valence-electron chi connectivity index (χ1n) is 16.9. The van der Waals surface area contributed by atoms with Crippen molar-refractivity contribution in [2.24, 2.45) is 5.11 Å². The van der Waals surface area contributed by atoms with Crippen LogP contribution in [0.1, 0.15) is 92.4 Å². The number of carbonyl (C=O) groups excluding carboxylic acids is 4. The molecule has 1 heterocycles. The van der Waals surface area contributed by atoms with Crippen molar-refractivity contribution in [2.75, 3.05) is 39.5 Å². The first kappa shape index (κ1) is 44.1. The fourth-order valence-electron chi connectivity index (χ4n) is 5.18. The number of nitrogens with one attached hydrogen (secondary N) is 1. The Morgan fingerprint density at radius 3 is 2.14 bits per heavy atom. The first-order chi connectivity index (χ1) is 23.5. The molecule has 1 N–H and O–H groups in total. The molecule has 0 radical (unpaired) electrons. The molecule has 1 fully saturated rings. The van der Waals surface area contributed by atoms with Crippen LogP contribution >= 0.6 is 11.8 Å². The fourth-order valence-corrected chi connectivity index (χ4v) is 6.48. The van der Waals surface area contributed by atoms with Crippen LogP contribution in [0.2, 0.25) is 0 Å². The Hall–Kier alpha value is -2.88. The highest BCUT2D eigenvalue weighted by Crippen LogP contribution is 2.33. The number of azide groups is 1. The molecule has 0 aromatic rings. The fraction of sp³-hybridized carbons (Fsp3) is 0.818. The number of esters is 3. The average molecular weight is 717 g/mol. The van der Waals surface area contributed by atoms with Gasteiger partial charge >= 0.3 is 17.9 Å². The number of hydrogen-bond acceptors (Lipinski definition) is 13. The summed E-state index contributed by atoms with van der Waals surface area (Å²) in [4.78, 5) is 51.1. The minimum Gasteiger partial charge on any atom is -0.463 e. The summed E-state index contributed by atoms with van der Waals surface area (Å²) in [5.41, 5.74) is 8.47. The van der Waals surface area contributed by atoms with Crippen LogP contribution in [0.25, 0.3) is 10.4 Å². The van der Waals surface area contributed by atoms with Gasteiger partial charge in [-0.2, -0.15) is 0 Å². The van der Waals surface area contributed by atoms with Crippen molar-refractivity contribution < 1.29 is 52.3 Å². The van der Waals surface area contributed by atoms with E-state index in [1.165, 1.54) is 79.8 Å². The summed E-state index contributed by atoms with van der Waals surface area (Å²) in [7, 11) is 1.47. The SMILES string of the molecule is CCCCCCCCCCCOC/C=C/[C@@H](OCOC)[C@H](CS[C@H]1O[C@H](COC(C)=O)[C@H](OC(C)=O)[C@H](OC(C)=O)[C@H]1NC(C)=O)N=[N+]=[N-]. The first-order valence-corrected chi connectivity index (χ1v) is 18.0. The molecular formula is C33H56N4O11S. The monoisotopic (exact) mass is 716 g/mol. The molecule has 1 saturated heterocycles. The van der Waals surface area contributed by atoms with E-state index >= 15 is 0 Å². The van der Waals surface area contributed by atoms with Gasteiger partial charge in [0.2, 0.25) is 5.91 Å². The Balaban J connectivity index is 3.00. The van der Waals surface area contributed by atoms with Gasteiger partial charge in [0, 0.05) is 52.1 Å². The lowest BCUT2D eigenvalue weighted by Crippen LogP contribution is -2.65. The van der Waals surface area contributed by atoms with Crippen LogP contribution in [0.5, 0.6) is 0 Å². The van der Waals surface area contributed by atoms with Gasteiger partial charge in [-0.3, -0.25) is 19.2 Å². The molecule has 0 aromatic carbocycles. The lowest BCUT2D eigenvalue weighted by molar-refractivity contribution is -0.211. The summed E-state index contributed by atoms with van der Waals surface area (Å²) >= 11 is 1.15. The second kappa shape index (κ2) is 26.9. The number of unbranched alkanes of at least 4 members (excludes halogenated alkanes) is 8. The minimum atomic E-state index is -1.21. The van der Waals surface area contributed by atoms with E-state index in [0.717, 1.165) is 24.6 Å². The van der Waals surface area contributed by atoms with Gasteiger partial charge in [0.25, 0.3) is 0 Å². The molecular weight excluding hydrogens is 660 g/mol. The van der Waals surface area contributed by atoms with E-state index in [4.69, 9.17) is 33.2 Å². The molecule has 0 unspecified atom stereocenters. The Labute approximate surface area is 294 Å². The third-order valence-electron chi connectivity index (χ3n) is 7.39. The number of rotatable bonds is 26. The van der Waals surface area contributed by atoms with E-state index in [9.17, 15) is 24.7 Å². The van der Waals surface area contributed by atoms with Crippen LogP contribution in [0, 0.1) is 0 Å². The van der Waals surface area contributed by atoms with Gasteiger partial charge in [-0.1, -0.05) is 75.6 Å². The number of ether oxygens (including phenoxy) is 7. The maximum Gasteiger partial charge on any atom is 0.303 e. The molecule has 16 heteroatoms. The van der Waals surface area contributed by atoms with E-state index in [1.54, 1.807) is 12.2 Å². The highest BCUT2D eigenvalue weighted by Gasteiger charge is 2.51. The molecule has 1 aliphatic heterocycles. The van der Waals surface area contributed by atoms with Gasteiger partial charge in [-0.25, -0.2) is 0 Å². The number of amides is 1. The molecule has 1 amide bonds. The van der Waals surface area contributed by atoms with E-state index < -0.39 is 65.8 Å². The van der Waals surface area contributed by atoms with Crippen molar-refractivity contribution in [2.45, 2.75) is 134 Å². The average Bonchev–Trinajstić information content (AvgIpc) is 3.03. The van der Waals surface area contributed by atoms with Crippen LogP contribution in [0.4, 0.5) is 0 Å². The Bertz CT molecular complexity index is 1060. The van der Waals surface area contributed by atoms with E-state index in [-0.39, 0.29) is 19.2 Å². The summed E-state index contributed by atoms with van der Waals surface area (Å²) in [5, 5.41) is 6.68. The molecule has 0 aromatic heterocycles. The van der Waals surface area contributed by atoms with Gasteiger partial charge in [0.05, 0.1) is 18.8 Å². The molecule has 0 saturated carbocycles. The van der Waals surface area contributed by atoms with Crippen molar-refractivity contribution >= 4 is 35.6 Å². The minimum absolute atomic E-state index is 0.0755. The largest absolute Gasteiger partial charge is 0.463 e. The molecule has 0 bridgehead atoms. The summed E-state index contributed by atoms with van der Waals surface area (Å²) in [6.07, 6.45) is 10.4. The van der Waals surface area contributed by atoms with Crippen molar-refractivity contribution in [1.29, 1.82) is 0 Å². The highest BCUT2D eigenvalue weighted by atomic mass is 32.2. The summed E-state index contributed by atoms with van der Waals surface area (Å²) in [6, 6.07) is -1.77. The molecule has 1 rings (SSSR count). The van der Waals surface area contributed by atoms with E-state index in [0.29, 0.717) is 13.2 Å². The number of nitrogens with zero attached hydrogens (tertiary/aromatic N) is 3. The third-order valence-corrected chi connectivity index (χ3v) is 8.66. The van der Waals surface area contributed by atoms with Crippen molar-refractivity contribution in [3.63, 3.8) is 0 Å². The number of methoxy groups -OCH3 is 1. The van der Waals surface area contributed by atoms with Crippen LogP contribution in [-0.4, -0.2) is 105 Å². The number of carbonyl (C=O) groups is 4. The predicted octanol–water partition coefficient (Wildman–Crippen LogP) is 5.15. The zero-order valence-electron chi connectivity index (χ0n) is 29.8. The van der Waals surface area contributed by atoms with Crippen LogP contribution in [0.15, 0.2) is 17.3 Å². The second-order valence-corrected chi connectivity index (χ2v) is 12.8. The van der Waals surface area contributed by atoms with Gasteiger partial charge in [0.1, 0.15) is 31.0 Å². The van der Waals surface area contributed by atoms with Crippen molar-refractivity contribution in [3.05, 3.63) is 22.6 Å².